The molecule has 160 valence electrons. The maximum Gasteiger partial charge on any atom is 0.236 e. The summed E-state index contributed by atoms with van der Waals surface area (Å²) in [5.74, 6) is 2.61. The highest BCUT2D eigenvalue weighted by atomic mass is 16.7. The molecule has 0 spiro atoms. The molecule has 2 aliphatic heterocycles. The number of fused-ring (bicyclic) bond motifs is 1. The number of amides is 1. The second kappa shape index (κ2) is 9.26. The van der Waals surface area contributed by atoms with Crippen LogP contribution in [0, 0.1) is 0 Å². The molecule has 1 amide bonds. The van der Waals surface area contributed by atoms with E-state index >= 15 is 0 Å². The summed E-state index contributed by atoms with van der Waals surface area (Å²) in [5.41, 5.74) is 2.29. The first-order valence-electron chi connectivity index (χ1n) is 10.4. The highest BCUT2D eigenvalue weighted by Gasteiger charge is 2.23. The molecule has 0 radical (unpaired) electrons. The van der Waals surface area contributed by atoms with Crippen LogP contribution in [0.3, 0.4) is 0 Å². The zero-order valence-electron chi connectivity index (χ0n) is 17.7. The van der Waals surface area contributed by atoms with Gasteiger partial charge >= 0.3 is 0 Å². The third kappa shape index (κ3) is 4.62. The lowest BCUT2D eigenvalue weighted by Crippen LogP contribution is -2.51. The molecule has 0 N–H and O–H groups in total. The lowest BCUT2D eigenvalue weighted by Gasteiger charge is -2.37. The van der Waals surface area contributed by atoms with Crippen molar-refractivity contribution in [3.05, 3.63) is 48.0 Å². The molecule has 7 nitrogen and oxygen atoms in total. The fourth-order valence-electron chi connectivity index (χ4n) is 3.88. The number of carbonyl (C=O) groups excluding carboxylic acids is 1. The van der Waals surface area contributed by atoms with Gasteiger partial charge in [-0.1, -0.05) is 13.0 Å². The number of benzene rings is 2. The summed E-state index contributed by atoms with van der Waals surface area (Å²) < 4.78 is 16.1. The molecular weight excluding hydrogens is 382 g/mol. The predicted octanol–water partition coefficient (Wildman–Crippen LogP) is 2.59. The minimum absolute atomic E-state index is 0.187. The van der Waals surface area contributed by atoms with Crippen LogP contribution in [0.5, 0.6) is 17.2 Å². The van der Waals surface area contributed by atoms with Crippen molar-refractivity contribution in [2.45, 2.75) is 13.5 Å². The standard InChI is InChI=1S/C23H29N3O4/c1-3-24(15-18-4-9-21-22(14-18)30-17-29-21)16-23(27)26-12-10-25(11-13-26)19-5-7-20(28-2)8-6-19/h4-9,14H,3,10-13,15-17H2,1-2H3. The number of hydrogen-bond donors (Lipinski definition) is 0. The number of methoxy groups -OCH3 is 1. The molecule has 4 rings (SSSR count). The van der Waals surface area contributed by atoms with E-state index < -0.39 is 0 Å². The Labute approximate surface area is 177 Å². The van der Waals surface area contributed by atoms with Crippen LogP contribution in [0.15, 0.2) is 42.5 Å². The van der Waals surface area contributed by atoms with Crippen LogP contribution in [0.2, 0.25) is 0 Å². The summed E-state index contributed by atoms with van der Waals surface area (Å²) >= 11 is 0. The third-order valence-corrected chi connectivity index (χ3v) is 5.72. The van der Waals surface area contributed by atoms with Gasteiger partial charge in [-0.15, -0.1) is 0 Å². The van der Waals surface area contributed by atoms with Crippen molar-refractivity contribution in [2.75, 3.05) is 58.1 Å². The number of nitrogens with zero attached hydrogens (tertiary/aromatic N) is 3. The Bertz CT molecular complexity index is 863. The lowest BCUT2D eigenvalue weighted by atomic mass is 10.2. The molecule has 2 heterocycles. The normalized spacial score (nSPS) is 15.6. The highest BCUT2D eigenvalue weighted by Crippen LogP contribution is 2.32. The topological polar surface area (TPSA) is 54.5 Å². The van der Waals surface area contributed by atoms with Gasteiger partial charge in [0.15, 0.2) is 11.5 Å². The minimum Gasteiger partial charge on any atom is -0.497 e. The molecule has 0 unspecified atom stereocenters. The summed E-state index contributed by atoms with van der Waals surface area (Å²) in [6.45, 7) is 7.47. The molecule has 0 bridgehead atoms. The first-order chi connectivity index (χ1) is 14.7. The fraction of sp³-hybridized carbons (Fsp3) is 0.435. The van der Waals surface area contributed by atoms with Crippen molar-refractivity contribution in [2.24, 2.45) is 0 Å². The van der Waals surface area contributed by atoms with Gasteiger partial charge in [-0.25, -0.2) is 0 Å². The molecule has 2 aromatic rings. The molecule has 1 saturated heterocycles. The van der Waals surface area contributed by atoms with Gasteiger partial charge in [0.25, 0.3) is 0 Å². The molecule has 0 aliphatic carbocycles. The smallest absolute Gasteiger partial charge is 0.236 e. The van der Waals surface area contributed by atoms with E-state index in [4.69, 9.17) is 14.2 Å². The van der Waals surface area contributed by atoms with Crippen LogP contribution < -0.4 is 19.1 Å². The van der Waals surface area contributed by atoms with Crippen molar-refractivity contribution in [1.82, 2.24) is 9.80 Å². The number of likely N-dealkylation sites (N-methyl/N-ethyl adjacent to an activating group) is 1. The van der Waals surface area contributed by atoms with Gasteiger partial charge in [-0.3, -0.25) is 9.69 Å². The van der Waals surface area contributed by atoms with Gasteiger partial charge < -0.3 is 24.0 Å². The number of piperazine rings is 1. The van der Waals surface area contributed by atoms with Crippen LogP contribution in [0.4, 0.5) is 5.69 Å². The van der Waals surface area contributed by atoms with Gasteiger partial charge in [0.05, 0.1) is 13.7 Å². The number of rotatable bonds is 7. The average molecular weight is 412 g/mol. The van der Waals surface area contributed by atoms with Crippen molar-refractivity contribution in [3.63, 3.8) is 0 Å². The zero-order chi connectivity index (χ0) is 20.9. The molecule has 0 aromatic heterocycles. The van der Waals surface area contributed by atoms with E-state index in [2.05, 4.69) is 28.9 Å². The molecule has 0 saturated carbocycles. The van der Waals surface area contributed by atoms with E-state index in [-0.39, 0.29) is 12.7 Å². The van der Waals surface area contributed by atoms with Crippen LogP contribution >= 0.6 is 0 Å². The number of anilines is 1. The largest absolute Gasteiger partial charge is 0.497 e. The third-order valence-electron chi connectivity index (χ3n) is 5.72. The maximum absolute atomic E-state index is 12.9. The Hall–Kier alpha value is -2.93. The van der Waals surface area contributed by atoms with Gasteiger partial charge in [0.2, 0.25) is 12.7 Å². The Balaban J connectivity index is 1.28. The van der Waals surface area contributed by atoms with E-state index in [0.29, 0.717) is 13.1 Å². The van der Waals surface area contributed by atoms with Gasteiger partial charge in [-0.2, -0.15) is 0 Å². The molecule has 0 atom stereocenters. The zero-order valence-corrected chi connectivity index (χ0v) is 17.7. The highest BCUT2D eigenvalue weighted by molar-refractivity contribution is 5.78. The van der Waals surface area contributed by atoms with Crippen molar-refractivity contribution in [1.29, 1.82) is 0 Å². The maximum atomic E-state index is 12.9. The number of hydrogen-bond acceptors (Lipinski definition) is 6. The Morgan fingerprint density at radius 1 is 1.03 bits per heavy atom. The Kier molecular flexibility index (Phi) is 6.28. The monoisotopic (exact) mass is 411 g/mol. The van der Waals surface area contributed by atoms with Crippen LogP contribution in [-0.2, 0) is 11.3 Å². The molecule has 2 aliphatic rings. The predicted molar refractivity (Wildman–Crippen MR) is 115 cm³/mol. The molecule has 7 heteroatoms. The summed E-state index contributed by atoms with van der Waals surface area (Å²) in [6.07, 6.45) is 0. The average Bonchev–Trinajstić information content (AvgIpc) is 3.26. The van der Waals surface area contributed by atoms with Crippen molar-refractivity contribution >= 4 is 11.6 Å². The Morgan fingerprint density at radius 3 is 2.47 bits per heavy atom. The van der Waals surface area contributed by atoms with E-state index in [0.717, 1.165) is 55.5 Å². The van der Waals surface area contributed by atoms with Crippen LogP contribution in [0.25, 0.3) is 0 Å². The summed E-state index contributed by atoms with van der Waals surface area (Å²) in [4.78, 5) is 19.3. The van der Waals surface area contributed by atoms with Gasteiger partial charge in [0.1, 0.15) is 5.75 Å². The number of ether oxygens (including phenoxy) is 3. The van der Waals surface area contributed by atoms with Gasteiger partial charge in [-0.05, 0) is 48.5 Å². The molecular formula is C23H29N3O4. The number of carbonyl (C=O) groups is 1. The van der Waals surface area contributed by atoms with E-state index in [1.165, 1.54) is 5.69 Å². The van der Waals surface area contributed by atoms with Crippen LogP contribution in [-0.4, -0.2) is 68.9 Å². The molecule has 30 heavy (non-hydrogen) atoms. The lowest BCUT2D eigenvalue weighted by molar-refractivity contribution is -0.132. The Morgan fingerprint density at radius 2 is 1.77 bits per heavy atom. The van der Waals surface area contributed by atoms with Gasteiger partial charge in [0, 0.05) is 38.4 Å². The van der Waals surface area contributed by atoms with Crippen molar-refractivity contribution < 1.29 is 19.0 Å². The van der Waals surface area contributed by atoms with Crippen molar-refractivity contribution in [3.8, 4) is 17.2 Å². The second-order valence-electron chi connectivity index (χ2n) is 7.56. The van der Waals surface area contributed by atoms with E-state index in [1.54, 1.807) is 7.11 Å². The summed E-state index contributed by atoms with van der Waals surface area (Å²) in [6, 6.07) is 14.1. The first-order valence-corrected chi connectivity index (χ1v) is 10.4. The second-order valence-corrected chi connectivity index (χ2v) is 7.56. The minimum atomic E-state index is 0.187. The quantitative estimate of drug-likeness (QED) is 0.698. The fourth-order valence-corrected chi connectivity index (χ4v) is 3.88. The van der Waals surface area contributed by atoms with Crippen LogP contribution in [0.1, 0.15) is 12.5 Å². The van der Waals surface area contributed by atoms with E-state index in [9.17, 15) is 4.79 Å². The van der Waals surface area contributed by atoms with E-state index in [1.807, 2.05) is 35.2 Å². The summed E-state index contributed by atoms with van der Waals surface area (Å²) in [7, 11) is 1.67. The molecule has 2 aromatic carbocycles. The SMILES string of the molecule is CCN(CC(=O)N1CCN(c2ccc(OC)cc2)CC1)Cc1ccc2c(c1)OCO2. The first kappa shape index (κ1) is 20.3. The molecule has 1 fully saturated rings. The summed E-state index contributed by atoms with van der Waals surface area (Å²) in [5, 5.41) is 0.